The summed E-state index contributed by atoms with van der Waals surface area (Å²) in [6.07, 6.45) is 5.48. The van der Waals surface area contributed by atoms with E-state index in [9.17, 15) is 0 Å². The van der Waals surface area contributed by atoms with Gasteiger partial charge < -0.3 is 0 Å². The lowest BCUT2D eigenvalue weighted by Crippen LogP contribution is -1.91. The molecule has 1 heteroatoms. The molecule has 0 aliphatic rings. The van der Waals surface area contributed by atoms with Crippen molar-refractivity contribution in [1.29, 1.82) is 0 Å². The van der Waals surface area contributed by atoms with Gasteiger partial charge in [0, 0.05) is 5.39 Å². The van der Waals surface area contributed by atoms with Crippen LogP contribution in [0.3, 0.4) is 0 Å². The van der Waals surface area contributed by atoms with Gasteiger partial charge in [-0.15, -0.1) is 0 Å². The van der Waals surface area contributed by atoms with Crippen LogP contribution in [0, 0.1) is 6.92 Å². The third kappa shape index (κ3) is 2.18. The highest BCUT2D eigenvalue weighted by atomic mass is 14.7. The maximum absolute atomic E-state index is 4.64. The third-order valence-corrected chi connectivity index (χ3v) is 2.74. The number of para-hydroxylation sites is 1. The second-order valence-corrected chi connectivity index (χ2v) is 3.90. The molecule has 2 rings (SSSR count). The zero-order valence-electron chi connectivity index (χ0n) is 9.98. The van der Waals surface area contributed by atoms with Gasteiger partial charge >= 0.3 is 0 Å². The lowest BCUT2D eigenvalue weighted by molar-refractivity contribution is 1.32. The quantitative estimate of drug-likeness (QED) is 0.704. The van der Waals surface area contributed by atoms with Crippen molar-refractivity contribution in [2.75, 3.05) is 0 Å². The monoisotopic (exact) mass is 221 g/mol. The summed E-state index contributed by atoms with van der Waals surface area (Å²) in [7, 11) is 0. The minimum absolute atomic E-state index is 0.941. The molecule has 0 amide bonds. The molecule has 0 saturated heterocycles. The lowest BCUT2D eigenvalue weighted by Gasteiger charge is -2.06. The van der Waals surface area contributed by atoms with Gasteiger partial charge in [-0.1, -0.05) is 49.6 Å². The van der Waals surface area contributed by atoms with E-state index in [4.69, 9.17) is 0 Å². The zero-order valence-corrected chi connectivity index (χ0v) is 9.98. The first-order chi connectivity index (χ1) is 8.26. The fourth-order valence-electron chi connectivity index (χ4n) is 1.88. The minimum Gasteiger partial charge on any atom is -0.248 e. The molecular weight excluding hydrogens is 206 g/mol. The second kappa shape index (κ2) is 4.79. The van der Waals surface area contributed by atoms with Gasteiger partial charge in [-0.25, -0.2) is 4.98 Å². The Bertz CT molecular complexity index is 606. The largest absolute Gasteiger partial charge is 0.248 e. The number of pyridine rings is 1. The maximum Gasteiger partial charge on any atom is 0.0712 e. The van der Waals surface area contributed by atoms with Gasteiger partial charge in [0.2, 0.25) is 0 Å². The van der Waals surface area contributed by atoms with Gasteiger partial charge in [-0.3, -0.25) is 0 Å². The summed E-state index contributed by atoms with van der Waals surface area (Å²) in [5, 5.41) is 1.19. The van der Waals surface area contributed by atoms with Crippen LogP contribution in [-0.2, 0) is 0 Å². The van der Waals surface area contributed by atoms with E-state index in [1.807, 2.05) is 24.3 Å². The fraction of sp³-hybridized carbons (Fsp3) is 0.0625. The summed E-state index contributed by atoms with van der Waals surface area (Å²) in [6, 6.07) is 10.2. The number of fused-ring (bicyclic) bond motifs is 1. The molecule has 0 aliphatic heterocycles. The maximum atomic E-state index is 4.64. The van der Waals surface area contributed by atoms with Crippen LogP contribution in [-0.4, -0.2) is 4.98 Å². The molecule has 0 aliphatic carbocycles. The zero-order chi connectivity index (χ0) is 12.3. The van der Waals surface area contributed by atoms with Crippen LogP contribution in [0.15, 0.2) is 61.7 Å². The fourth-order valence-corrected chi connectivity index (χ4v) is 1.88. The predicted molar refractivity (Wildman–Crippen MR) is 74.9 cm³/mol. The molecule has 1 aromatic heterocycles. The number of rotatable bonds is 3. The van der Waals surface area contributed by atoms with E-state index in [1.54, 1.807) is 12.2 Å². The first kappa shape index (κ1) is 11.3. The van der Waals surface area contributed by atoms with E-state index in [1.165, 1.54) is 10.9 Å². The van der Waals surface area contributed by atoms with E-state index in [0.717, 1.165) is 16.8 Å². The predicted octanol–water partition coefficient (Wildman–Crippen LogP) is 4.30. The topological polar surface area (TPSA) is 12.9 Å². The Balaban J connectivity index is 2.68. The molecule has 0 bridgehead atoms. The third-order valence-electron chi connectivity index (χ3n) is 2.74. The van der Waals surface area contributed by atoms with Crippen LogP contribution in [0.4, 0.5) is 0 Å². The molecule has 1 heterocycles. The molecule has 0 fully saturated rings. The molecule has 0 unspecified atom stereocenters. The van der Waals surface area contributed by atoms with Crippen molar-refractivity contribution in [1.82, 2.24) is 4.98 Å². The molecule has 0 radical (unpaired) electrons. The number of benzene rings is 1. The van der Waals surface area contributed by atoms with Crippen molar-refractivity contribution in [3.05, 3.63) is 73.0 Å². The number of aryl methyl sites for hydroxylation is 1. The molecule has 0 N–H and O–H groups in total. The molecule has 2 aromatic rings. The van der Waals surface area contributed by atoms with Gasteiger partial charge in [0.25, 0.3) is 0 Å². The summed E-state index contributed by atoms with van der Waals surface area (Å²) >= 11 is 0. The summed E-state index contributed by atoms with van der Waals surface area (Å²) in [5.74, 6) is 0. The Kier molecular flexibility index (Phi) is 3.20. The number of hydrogen-bond donors (Lipinski definition) is 0. The standard InChI is InChI=1S/C16H15N/c1-4-8-13(5-2)16-11-12(3)14-9-6-7-10-15(14)17-16/h4-11H,1-2H2,3H3/b13-8+. The Morgan fingerprint density at radius 2 is 2.00 bits per heavy atom. The summed E-state index contributed by atoms with van der Waals surface area (Å²) in [6.45, 7) is 9.62. The normalized spacial score (nSPS) is 11.5. The van der Waals surface area contributed by atoms with E-state index in [-0.39, 0.29) is 0 Å². The van der Waals surface area contributed by atoms with Crippen molar-refractivity contribution in [3.63, 3.8) is 0 Å². The highest BCUT2D eigenvalue weighted by Crippen LogP contribution is 2.22. The molecule has 0 spiro atoms. The van der Waals surface area contributed by atoms with E-state index in [0.29, 0.717) is 0 Å². The number of hydrogen-bond acceptors (Lipinski definition) is 1. The Morgan fingerprint density at radius 3 is 2.71 bits per heavy atom. The van der Waals surface area contributed by atoms with Crippen LogP contribution in [0.25, 0.3) is 16.5 Å². The van der Waals surface area contributed by atoms with Crippen molar-refractivity contribution < 1.29 is 0 Å². The van der Waals surface area contributed by atoms with Crippen molar-refractivity contribution >= 4 is 16.5 Å². The van der Waals surface area contributed by atoms with Crippen LogP contribution in [0.5, 0.6) is 0 Å². The SMILES string of the molecule is C=C/C=C(\C=C)c1cc(C)c2ccccc2n1. The highest BCUT2D eigenvalue weighted by Gasteiger charge is 2.03. The molecule has 17 heavy (non-hydrogen) atoms. The Morgan fingerprint density at radius 1 is 1.24 bits per heavy atom. The molecular formula is C16H15N. The molecule has 0 saturated carbocycles. The second-order valence-electron chi connectivity index (χ2n) is 3.90. The molecule has 0 atom stereocenters. The summed E-state index contributed by atoms with van der Waals surface area (Å²) < 4.78 is 0. The van der Waals surface area contributed by atoms with Gasteiger partial charge in [-0.2, -0.15) is 0 Å². The first-order valence-corrected chi connectivity index (χ1v) is 5.58. The average molecular weight is 221 g/mol. The van der Waals surface area contributed by atoms with Crippen LogP contribution >= 0.6 is 0 Å². The van der Waals surface area contributed by atoms with Gasteiger partial charge in [0.15, 0.2) is 0 Å². The van der Waals surface area contributed by atoms with Crippen molar-refractivity contribution in [2.24, 2.45) is 0 Å². The lowest BCUT2D eigenvalue weighted by atomic mass is 10.1. The van der Waals surface area contributed by atoms with Crippen molar-refractivity contribution in [3.8, 4) is 0 Å². The van der Waals surface area contributed by atoms with Crippen LogP contribution < -0.4 is 0 Å². The summed E-state index contributed by atoms with van der Waals surface area (Å²) in [4.78, 5) is 4.64. The number of nitrogens with zero attached hydrogens (tertiary/aromatic N) is 1. The van der Waals surface area contributed by atoms with Gasteiger partial charge in [0.1, 0.15) is 0 Å². The van der Waals surface area contributed by atoms with E-state index in [2.05, 4.69) is 37.2 Å². The molecule has 1 aromatic carbocycles. The molecule has 84 valence electrons. The van der Waals surface area contributed by atoms with E-state index >= 15 is 0 Å². The smallest absolute Gasteiger partial charge is 0.0712 e. The van der Waals surface area contributed by atoms with Crippen molar-refractivity contribution in [2.45, 2.75) is 6.92 Å². The first-order valence-electron chi connectivity index (χ1n) is 5.58. The van der Waals surface area contributed by atoms with Crippen LogP contribution in [0.2, 0.25) is 0 Å². The summed E-state index contributed by atoms with van der Waals surface area (Å²) in [5.41, 5.74) is 4.17. The Labute approximate surface area is 102 Å². The van der Waals surface area contributed by atoms with Gasteiger partial charge in [0.05, 0.1) is 11.2 Å². The molecule has 1 nitrogen and oxygen atoms in total. The highest BCUT2D eigenvalue weighted by molar-refractivity contribution is 5.85. The van der Waals surface area contributed by atoms with Gasteiger partial charge in [-0.05, 0) is 30.2 Å². The number of aromatic nitrogens is 1. The minimum atomic E-state index is 0.941. The van der Waals surface area contributed by atoms with E-state index < -0.39 is 0 Å². The Hall–Kier alpha value is -2.15. The average Bonchev–Trinajstić information content (AvgIpc) is 2.36. The number of allylic oxidation sites excluding steroid dienone is 4. The van der Waals surface area contributed by atoms with Crippen LogP contribution in [0.1, 0.15) is 11.3 Å².